The summed E-state index contributed by atoms with van der Waals surface area (Å²) in [6.45, 7) is 7.57. The second-order valence-electron chi connectivity index (χ2n) is 4.75. The van der Waals surface area contributed by atoms with E-state index in [1.807, 2.05) is 0 Å². The van der Waals surface area contributed by atoms with Crippen LogP contribution in [0.1, 0.15) is 19.8 Å². The summed E-state index contributed by atoms with van der Waals surface area (Å²) in [6, 6.07) is 0.0881. The molecule has 92 valence electrons. The van der Waals surface area contributed by atoms with E-state index >= 15 is 0 Å². The van der Waals surface area contributed by atoms with Crippen molar-refractivity contribution < 1.29 is 9.53 Å². The van der Waals surface area contributed by atoms with Gasteiger partial charge in [0.25, 0.3) is 0 Å². The van der Waals surface area contributed by atoms with Gasteiger partial charge in [-0.1, -0.05) is 0 Å². The number of Topliss-reactive ketones (excluding diaryl/α,β-unsaturated/α-hetero) is 1. The molecule has 0 bridgehead atoms. The lowest BCUT2D eigenvalue weighted by molar-refractivity contribution is -0.130. The average molecular weight is 226 g/mol. The number of ether oxygens (including phenoxy) is 1. The Hall–Kier alpha value is -0.450. The number of ketones is 1. The topological polar surface area (TPSA) is 41.6 Å². The molecule has 0 spiro atoms. The zero-order valence-electron chi connectivity index (χ0n) is 10.1. The quantitative estimate of drug-likeness (QED) is 0.750. The summed E-state index contributed by atoms with van der Waals surface area (Å²) in [7, 11) is 0. The Morgan fingerprint density at radius 2 is 1.94 bits per heavy atom. The van der Waals surface area contributed by atoms with Crippen LogP contribution in [0.3, 0.4) is 0 Å². The summed E-state index contributed by atoms with van der Waals surface area (Å²) in [5, 5.41) is 3.32. The van der Waals surface area contributed by atoms with Gasteiger partial charge in [-0.25, -0.2) is 0 Å². The Morgan fingerprint density at radius 1 is 1.31 bits per heavy atom. The smallest absolute Gasteiger partial charge is 0.152 e. The number of nitrogens with zero attached hydrogens (tertiary/aromatic N) is 1. The van der Waals surface area contributed by atoms with Gasteiger partial charge in [0.1, 0.15) is 0 Å². The molecule has 16 heavy (non-hydrogen) atoms. The summed E-state index contributed by atoms with van der Waals surface area (Å²) < 4.78 is 5.30. The molecule has 1 unspecified atom stereocenters. The Morgan fingerprint density at radius 3 is 2.56 bits per heavy atom. The number of rotatable bonds is 3. The molecule has 2 rings (SSSR count). The van der Waals surface area contributed by atoms with E-state index < -0.39 is 0 Å². The molecule has 0 radical (unpaired) electrons. The normalized spacial score (nSPS) is 26.6. The molecule has 0 aromatic heterocycles. The zero-order chi connectivity index (χ0) is 11.4. The van der Waals surface area contributed by atoms with Crippen LogP contribution in [0.15, 0.2) is 0 Å². The van der Waals surface area contributed by atoms with Crippen LogP contribution in [0.5, 0.6) is 0 Å². The van der Waals surface area contributed by atoms with E-state index in [0.29, 0.717) is 5.78 Å². The van der Waals surface area contributed by atoms with Gasteiger partial charge in [-0.2, -0.15) is 0 Å². The van der Waals surface area contributed by atoms with E-state index in [1.54, 1.807) is 0 Å². The minimum absolute atomic E-state index is 0.0881. The van der Waals surface area contributed by atoms with E-state index in [9.17, 15) is 4.79 Å². The third-order valence-electron chi connectivity index (χ3n) is 3.73. The molecule has 1 N–H and O–H groups in total. The highest BCUT2D eigenvalue weighted by atomic mass is 16.5. The fraction of sp³-hybridized carbons (Fsp3) is 0.917. The Labute approximate surface area is 97.3 Å². The van der Waals surface area contributed by atoms with Crippen LogP contribution in [-0.4, -0.2) is 56.1 Å². The van der Waals surface area contributed by atoms with Gasteiger partial charge >= 0.3 is 0 Å². The van der Waals surface area contributed by atoms with Crippen molar-refractivity contribution in [2.45, 2.75) is 25.8 Å². The Balaban J connectivity index is 1.86. The largest absolute Gasteiger partial charge is 0.381 e. The average Bonchev–Trinajstić information content (AvgIpc) is 2.39. The summed E-state index contributed by atoms with van der Waals surface area (Å²) >= 11 is 0. The second-order valence-corrected chi connectivity index (χ2v) is 4.75. The first-order valence-electron chi connectivity index (χ1n) is 6.35. The highest BCUT2D eigenvalue weighted by molar-refractivity contribution is 5.86. The maximum Gasteiger partial charge on any atom is 0.152 e. The third kappa shape index (κ3) is 2.81. The molecular weight excluding hydrogens is 204 g/mol. The lowest BCUT2D eigenvalue weighted by atomic mass is 9.91. The molecule has 0 saturated carbocycles. The van der Waals surface area contributed by atoms with Crippen molar-refractivity contribution in [2.75, 3.05) is 39.4 Å². The minimum atomic E-state index is 0.0881. The predicted octanol–water partition coefficient (Wildman–Crippen LogP) is 0.276. The zero-order valence-corrected chi connectivity index (χ0v) is 10.1. The van der Waals surface area contributed by atoms with Gasteiger partial charge < -0.3 is 10.1 Å². The summed E-state index contributed by atoms with van der Waals surface area (Å²) in [5.74, 6) is 0.656. The number of piperazine rings is 1. The van der Waals surface area contributed by atoms with Crippen molar-refractivity contribution in [3.63, 3.8) is 0 Å². The van der Waals surface area contributed by atoms with Gasteiger partial charge in [0, 0.05) is 45.3 Å². The van der Waals surface area contributed by atoms with Crippen LogP contribution in [0, 0.1) is 5.92 Å². The molecule has 1 atom stereocenters. The molecule has 2 saturated heterocycles. The molecule has 0 aliphatic carbocycles. The molecule has 0 aromatic carbocycles. The van der Waals surface area contributed by atoms with Gasteiger partial charge in [0.2, 0.25) is 0 Å². The van der Waals surface area contributed by atoms with Gasteiger partial charge in [-0.15, -0.1) is 0 Å². The number of carbonyl (C=O) groups is 1. The first-order chi connectivity index (χ1) is 7.79. The fourth-order valence-corrected chi connectivity index (χ4v) is 2.57. The van der Waals surface area contributed by atoms with E-state index in [1.165, 1.54) is 0 Å². The molecule has 0 amide bonds. The Kier molecular flexibility index (Phi) is 4.32. The van der Waals surface area contributed by atoms with Crippen molar-refractivity contribution in [1.82, 2.24) is 10.2 Å². The van der Waals surface area contributed by atoms with Crippen LogP contribution in [0.4, 0.5) is 0 Å². The number of hydrogen-bond acceptors (Lipinski definition) is 4. The molecule has 2 aliphatic heterocycles. The van der Waals surface area contributed by atoms with Gasteiger partial charge in [0.15, 0.2) is 5.78 Å². The maximum absolute atomic E-state index is 12.3. The molecule has 2 fully saturated rings. The molecular formula is C12H22N2O2. The highest BCUT2D eigenvalue weighted by Crippen LogP contribution is 2.19. The lowest BCUT2D eigenvalue weighted by Gasteiger charge is -2.34. The van der Waals surface area contributed by atoms with Crippen molar-refractivity contribution in [1.29, 1.82) is 0 Å². The first-order valence-corrected chi connectivity index (χ1v) is 6.35. The van der Waals surface area contributed by atoms with Crippen LogP contribution < -0.4 is 5.32 Å². The van der Waals surface area contributed by atoms with Crippen molar-refractivity contribution in [2.24, 2.45) is 5.92 Å². The van der Waals surface area contributed by atoms with Crippen LogP contribution >= 0.6 is 0 Å². The monoisotopic (exact) mass is 226 g/mol. The lowest BCUT2D eigenvalue weighted by Crippen LogP contribution is -2.51. The number of carbonyl (C=O) groups excluding carboxylic acids is 1. The molecule has 4 heteroatoms. The Bertz CT molecular complexity index is 233. The van der Waals surface area contributed by atoms with E-state index in [0.717, 1.165) is 52.2 Å². The van der Waals surface area contributed by atoms with Crippen LogP contribution in [-0.2, 0) is 9.53 Å². The maximum atomic E-state index is 12.3. The van der Waals surface area contributed by atoms with Crippen molar-refractivity contribution >= 4 is 5.78 Å². The molecule has 0 aromatic rings. The van der Waals surface area contributed by atoms with Crippen molar-refractivity contribution in [3.8, 4) is 0 Å². The van der Waals surface area contributed by atoms with E-state index in [-0.39, 0.29) is 12.0 Å². The number of nitrogens with one attached hydrogen (secondary N) is 1. The number of hydrogen-bond donors (Lipinski definition) is 1. The van der Waals surface area contributed by atoms with Gasteiger partial charge in [-0.3, -0.25) is 9.69 Å². The van der Waals surface area contributed by atoms with Crippen molar-refractivity contribution in [3.05, 3.63) is 0 Å². The third-order valence-corrected chi connectivity index (χ3v) is 3.73. The molecule has 4 nitrogen and oxygen atoms in total. The van der Waals surface area contributed by atoms with E-state index in [4.69, 9.17) is 4.74 Å². The molecule has 2 heterocycles. The predicted molar refractivity (Wildman–Crippen MR) is 62.5 cm³/mol. The summed E-state index contributed by atoms with van der Waals surface area (Å²) in [6.07, 6.45) is 1.82. The standard InChI is InChI=1S/C12H22N2O2/c1-10(14-6-4-13-5-7-14)12(15)11-2-8-16-9-3-11/h10-11,13H,2-9H2,1H3. The van der Waals surface area contributed by atoms with Gasteiger partial charge in [0.05, 0.1) is 6.04 Å². The fourth-order valence-electron chi connectivity index (χ4n) is 2.57. The summed E-state index contributed by atoms with van der Waals surface area (Å²) in [4.78, 5) is 14.6. The first kappa shape index (κ1) is 12.0. The van der Waals surface area contributed by atoms with Crippen LogP contribution in [0.2, 0.25) is 0 Å². The van der Waals surface area contributed by atoms with Crippen LogP contribution in [0.25, 0.3) is 0 Å². The second kappa shape index (κ2) is 5.75. The highest BCUT2D eigenvalue weighted by Gasteiger charge is 2.29. The summed E-state index contributed by atoms with van der Waals surface area (Å²) in [5.41, 5.74) is 0. The van der Waals surface area contributed by atoms with Gasteiger partial charge in [-0.05, 0) is 19.8 Å². The molecule has 2 aliphatic rings. The minimum Gasteiger partial charge on any atom is -0.381 e. The SMILES string of the molecule is CC(C(=O)C1CCOCC1)N1CCNCC1. The van der Waals surface area contributed by atoms with E-state index in [2.05, 4.69) is 17.1 Å².